The number of rotatable bonds is 8. The van der Waals surface area contributed by atoms with Crippen LogP contribution in [0.5, 0.6) is 0 Å². The molecule has 2 heteroatoms. The molecule has 1 saturated heterocycles. The second-order valence-electron chi connectivity index (χ2n) is 6.59. The molecule has 0 amide bonds. The molecular weight excluding hydrogens is 220 g/mol. The maximum atomic E-state index is 3.59. The van der Waals surface area contributed by atoms with Gasteiger partial charge < -0.3 is 10.2 Å². The van der Waals surface area contributed by atoms with Gasteiger partial charge in [0.15, 0.2) is 0 Å². The first-order valence-corrected chi connectivity index (χ1v) is 8.08. The van der Waals surface area contributed by atoms with Gasteiger partial charge in [0.2, 0.25) is 0 Å². The maximum Gasteiger partial charge on any atom is 0.00952 e. The van der Waals surface area contributed by atoms with Crippen LogP contribution in [-0.2, 0) is 0 Å². The average molecular weight is 254 g/mol. The van der Waals surface area contributed by atoms with E-state index < -0.39 is 0 Å². The predicted octanol–water partition coefficient (Wildman–Crippen LogP) is 3.52. The lowest BCUT2D eigenvalue weighted by Gasteiger charge is -2.37. The van der Waals surface area contributed by atoms with Crippen molar-refractivity contribution in [2.75, 3.05) is 26.2 Å². The SMILES string of the molecule is CCCC1CCCCN1CC(C)CNCC(C)C. The molecule has 0 aliphatic carbocycles. The van der Waals surface area contributed by atoms with Crippen molar-refractivity contribution < 1.29 is 0 Å². The standard InChI is InChI=1S/C16H34N2/c1-5-8-16-9-6-7-10-18(16)13-15(4)12-17-11-14(2)3/h14-17H,5-13H2,1-4H3. The molecule has 18 heavy (non-hydrogen) atoms. The van der Waals surface area contributed by atoms with Crippen molar-refractivity contribution in [3.8, 4) is 0 Å². The first kappa shape index (κ1) is 16.0. The molecule has 0 spiro atoms. The minimum Gasteiger partial charge on any atom is -0.316 e. The van der Waals surface area contributed by atoms with E-state index in [2.05, 4.69) is 37.9 Å². The van der Waals surface area contributed by atoms with E-state index in [1.54, 1.807) is 0 Å². The van der Waals surface area contributed by atoms with E-state index in [1.165, 1.54) is 51.7 Å². The summed E-state index contributed by atoms with van der Waals surface area (Å²) in [6.45, 7) is 14.2. The summed E-state index contributed by atoms with van der Waals surface area (Å²) in [5.41, 5.74) is 0. The van der Waals surface area contributed by atoms with Crippen molar-refractivity contribution >= 4 is 0 Å². The monoisotopic (exact) mass is 254 g/mol. The van der Waals surface area contributed by atoms with Gasteiger partial charge in [-0.1, -0.05) is 40.5 Å². The summed E-state index contributed by atoms with van der Waals surface area (Å²) in [5, 5.41) is 3.59. The summed E-state index contributed by atoms with van der Waals surface area (Å²) in [5.74, 6) is 1.54. The molecule has 2 atom stereocenters. The van der Waals surface area contributed by atoms with Crippen molar-refractivity contribution in [1.29, 1.82) is 0 Å². The highest BCUT2D eigenvalue weighted by Gasteiger charge is 2.22. The molecule has 108 valence electrons. The maximum absolute atomic E-state index is 3.59. The second kappa shape index (κ2) is 8.92. The lowest BCUT2D eigenvalue weighted by molar-refractivity contribution is 0.120. The lowest BCUT2D eigenvalue weighted by atomic mass is 9.97. The van der Waals surface area contributed by atoms with Crippen LogP contribution in [0.4, 0.5) is 0 Å². The van der Waals surface area contributed by atoms with Gasteiger partial charge in [0.1, 0.15) is 0 Å². The Balaban J connectivity index is 2.25. The van der Waals surface area contributed by atoms with Crippen LogP contribution in [0.15, 0.2) is 0 Å². The summed E-state index contributed by atoms with van der Waals surface area (Å²) in [6.07, 6.45) is 7.01. The van der Waals surface area contributed by atoms with Crippen molar-refractivity contribution in [2.45, 2.75) is 65.8 Å². The molecule has 1 aliphatic rings. The highest BCUT2D eigenvalue weighted by molar-refractivity contribution is 4.78. The van der Waals surface area contributed by atoms with Gasteiger partial charge in [-0.05, 0) is 50.7 Å². The van der Waals surface area contributed by atoms with Gasteiger partial charge in [-0.15, -0.1) is 0 Å². The highest BCUT2D eigenvalue weighted by Crippen LogP contribution is 2.21. The zero-order valence-electron chi connectivity index (χ0n) is 13.0. The fourth-order valence-corrected chi connectivity index (χ4v) is 3.04. The molecule has 1 N–H and O–H groups in total. The summed E-state index contributed by atoms with van der Waals surface area (Å²) in [6, 6.07) is 0.872. The Labute approximate surface area is 115 Å². The van der Waals surface area contributed by atoms with E-state index in [-0.39, 0.29) is 0 Å². The first-order chi connectivity index (χ1) is 8.63. The molecule has 0 aromatic rings. The number of hydrogen-bond donors (Lipinski definition) is 1. The Bertz CT molecular complexity index is 201. The van der Waals surface area contributed by atoms with Crippen molar-refractivity contribution in [3.63, 3.8) is 0 Å². The van der Waals surface area contributed by atoms with E-state index in [1.807, 2.05) is 0 Å². The summed E-state index contributed by atoms with van der Waals surface area (Å²) < 4.78 is 0. The van der Waals surface area contributed by atoms with Crippen molar-refractivity contribution in [2.24, 2.45) is 11.8 Å². The molecule has 2 nitrogen and oxygen atoms in total. The summed E-state index contributed by atoms with van der Waals surface area (Å²) >= 11 is 0. The van der Waals surface area contributed by atoms with Gasteiger partial charge >= 0.3 is 0 Å². The number of nitrogens with one attached hydrogen (secondary N) is 1. The van der Waals surface area contributed by atoms with Gasteiger partial charge in [-0.25, -0.2) is 0 Å². The van der Waals surface area contributed by atoms with Gasteiger partial charge in [0, 0.05) is 12.6 Å². The van der Waals surface area contributed by atoms with Crippen LogP contribution in [0.25, 0.3) is 0 Å². The zero-order chi connectivity index (χ0) is 13.4. The summed E-state index contributed by atoms with van der Waals surface area (Å²) in [4.78, 5) is 2.76. The Morgan fingerprint density at radius 1 is 1.17 bits per heavy atom. The van der Waals surface area contributed by atoms with Crippen LogP contribution in [-0.4, -0.2) is 37.1 Å². The van der Waals surface area contributed by atoms with Crippen LogP contribution < -0.4 is 5.32 Å². The Hall–Kier alpha value is -0.0800. The largest absolute Gasteiger partial charge is 0.316 e. The Morgan fingerprint density at radius 2 is 1.94 bits per heavy atom. The van der Waals surface area contributed by atoms with Crippen LogP contribution in [0, 0.1) is 11.8 Å². The van der Waals surface area contributed by atoms with E-state index in [0.29, 0.717) is 0 Å². The highest BCUT2D eigenvalue weighted by atomic mass is 15.2. The van der Waals surface area contributed by atoms with Crippen LogP contribution in [0.1, 0.15) is 59.8 Å². The van der Waals surface area contributed by atoms with E-state index in [4.69, 9.17) is 0 Å². The van der Waals surface area contributed by atoms with Crippen molar-refractivity contribution in [1.82, 2.24) is 10.2 Å². The Morgan fingerprint density at radius 3 is 2.61 bits per heavy atom. The number of piperidine rings is 1. The molecule has 1 heterocycles. The average Bonchev–Trinajstić information content (AvgIpc) is 2.31. The smallest absolute Gasteiger partial charge is 0.00952 e. The molecular formula is C16H34N2. The fraction of sp³-hybridized carbons (Fsp3) is 1.00. The minimum atomic E-state index is 0.764. The molecule has 1 rings (SSSR count). The van der Waals surface area contributed by atoms with E-state index in [0.717, 1.165) is 24.4 Å². The van der Waals surface area contributed by atoms with Crippen LogP contribution >= 0.6 is 0 Å². The molecule has 0 bridgehead atoms. The zero-order valence-corrected chi connectivity index (χ0v) is 13.0. The van der Waals surface area contributed by atoms with E-state index >= 15 is 0 Å². The Kier molecular flexibility index (Phi) is 7.92. The minimum absolute atomic E-state index is 0.764. The van der Waals surface area contributed by atoms with Gasteiger partial charge in [-0.2, -0.15) is 0 Å². The number of nitrogens with zero attached hydrogens (tertiary/aromatic N) is 1. The van der Waals surface area contributed by atoms with Gasteiger partial charge in [0.25, 0.3) is 0 Å². The molecule has 1 aliphatic heterocycles. The summed E-state index contributed by atoms with van der Waals surface area (Å²) in [7, 11) is 0. The molecule has 2 unspecified atom stereocenters. The third kappa shape index (κ3) is 6.19. The third-order valence-electron chi connectivity index (χ3n) is 3.96. The first-order valence-electron chi connectivity index (χ1n) is 8.08. The van der Waals surface area contributed by atoms with Crippen LogP contribution in [0.2, 0.25) is 0 Å². The second-order valence-corrected chi connectivity index (χ2v) is 6.59. The van der Waals surface area contributed by atoms with Gasteiger partial charge in [-0.3, -0.25) is 0 Å². The third-order valence-corrected chi connectivity index (χ3v) is 3.96. The molecule has 0 aromatic carbocycles. The number of likely N-dealkylation sites (tertiary alicyclic amines) is 1. The van der Waals surface area contributed by atoms with E-state index in [9.17, 15) is 0 Å². The molecule has 1 fully saturated rings. The predicted molar refractivity (Wildman–Crippen MR) is 81.0 cm³/mol. The lowest BCUT2D eigenvalue weighted by Crippen LogP contribution is -2.43. The molecule has 0 aromatic heterocycles. The molecule has 0 saturated carbocycles. The quantitative estimate of drug-likeness (QED) is 0.713. The fourth-order valence-electron chi connectivity index (χ4n) is 3.04. The van der Waals surface area contributed by atoms with Crippen LogP contribution in [0.3, 0.4) is 0 Å². The van der Waals surface area contributed by atoms with Gasteiger partial charge in [0.05, 0.1) is 0 Å². The number of hydrogen-bond acceptors (Lipinski definition) is 2. The van der Waals surface area contributed by atoms with Crippen molar-refractivity contribution in [3.05, 3.63) is 0 Å². The molecule has 0 radical (unpaired) electrons. The topological polar surface area (TPSA) is 15.3 Å². The normalized spacial score (nSPS) is 23.5.